The Morgan fingerprint density at radius 3 is 2.36 bits per heavy atom. The zero-order chi connectivity index (χ0) is 31.1. The Labute approximate surface area is 287 Å². The van der Waals surface area contributed by atoms with E-state index in [-0.39, 0.29) is 35.7 Å². The van der Waals surface area contributed by atoms with Crippen molar-refractivity contribution >= 4 is 5.91 Å². The van der Waals surface area contributed by atoms with Crippen molar-refractivity contribution in [2.75, 3.05) is 60.4 Å². The van der Waals surface area contributed by atoms with Crippen molar-refractivity contribution in [3.05, 3.63) is 94.8 Å². The monoisotopic (exact) mass is 727 g/mol. The SMILES string of the molecule is C[C@H]1CN(Cc2cccc(-c3cc(CNC(=O)c4cccc(CN5CCC(CC[N+](C)(C)C)CC5)c4)ccc3F)c2)CCN1.[I-]. The smallest absolute Gasteiger partial charge is 0.251 e. The van der Waals surface area contributed by atoms with Crippen LogP contribution in [-0.4, -0.2) is 86.6 Å². The Kier molecular flexibility index (Phi) is 13.0. The van der Waals surface area contributed by atoms with Crippen molar-refractivity contribution in [1.82, 2.24) is 20.4 Å². The van der Waals surface area contributed by atoms with E-state index in [1.54, 1.807) is 6.07 Å². The zero-order valence-electron chi connectivity index (χ0n) is 27.5. The van der Waals surface area contributed by atoms with Gasteiger partial charge in [-0.15, -0.1) is 0 Å². The van der Waals surface area contributed by atoms with E-state index in [1.807, 2.05) is 36.4 Å². The van der Waals surface area contributed by atoms with Gasteiger partial charge in [-0.2, -0.15) is 0 Å². The van der Waals surface area contributed by atoms with E-state index < -0.39 is 0 Å². The van der Waals surface area contributed by atoms with Gasteiger partial charge in [0.05, 0.1) is 27.7 Å². The van der Waals surface area contributed by atoms with Crippen LogP contribution in [0.3, 0.4) is 0 Å². The summed E-state index contributed by atoms with van der Waals surface area (Å²) in [5.41, 5.74) is 5.32. The van der Waals surface area contributed by atoms with E-state index >= 15 is 0 Å². The molecule has 1 atom stereocenters. The Bertz CT molecular complexity index is 1400. The average molecular weight is 728 g/mol. The van der Waals surface area contributed by atoms with E-state index in [1.165, 1.54) is 43.0 Å². The molecule has 0 bridgehead atoms. The van der Waals surface area contributed by atoms with Crippen LogP contribution >= 0.6 is 0 Å². The highest BCUT2D eigenvalue weighted by Crippen LogP contribution is 2.26. The second kappa shape index (κ2) is 16.5. The number of likely N-dealkylation sites (tertiary alicyclic amines) is 1. The standard InChI is InChI=1S/C37H50FN5O.HI/c1-28-25-42(19-16-39-28)27-31-7-5-9-33(21-31)35-23-30(11-12-36(35)38)24-40-37(44)34-10-6-8-32(22-34)26-41-17-13-29(14-18-41)15-20-43(2,3)4;/h5-12,21-23,28-29,39H,13-20,24-27H2,1-4H3;1H/t28-;/m0./s1. The third-order valence-corrected chi connectivity index (χ3v) is 9.09. The maximum Gasteiger partial charge on any atom is 0.251 e. The molecule has 3 aromatic carbocycles. The van der Waals surface area contributed by atoms with Gasteiger partial charge >= 0.3 is 0 Å². The molecule has 0 spiro atoms. The van der Waals surface area contributed by atoms with Crippen LogP contribution in [0.5, 0.6) is 0 Å². The molecule has 0 saturated carbocycles. The first-order valence-corrected chi connectivity index (χ1v) is 16.3. The van der Waals surface area contributed by atoms with Crippen molar-refractivity contribution in [2.24, 2.45) is 5.92 Å². The maximum absolute atomic E-state index is 15.0. The first-order chi connectivity index (χ1) is 21.1. The topological polar surface area (TPSA) is 47.6 Å². The number of rotatable bonds is 11. The summed E-state index contributed by atoms with van der Waals surface area (Å²) in [5, 5.41) is 6.54. The molecule has 2 saturated heterocycles. The predicted molar refractivity (Wildman–Crippen MR) is 178 cm³/mol. The van der Waals surface area contributed by atoms with Gasteiger partial charge in [-0.05, 0) is 97.8 Å². The van der Waals surface area contributed by atoms with Gasteiger partial charge in [-0.25, -0.2) is 4.39 Å². The van der Waals surface area contributed by atoms with Gasteiger partial charge in [-0.3, -0.25) is 14.6 Å². The number of nitrogens with one attached hydrogen (secondary N) is 2. The van der Waals surface area contributed by atoms with Crippen molar-refractivity contribution in [2.45, 2.75) is 51.9 Å². The molecule has 244 valence electrons. The minimum atomic E-state index is -0.252. The third-order valence-electron chi connectivity index (χ3n) is 9.09. The fourth-order valence-electron chi connectivity index (χ4n) is 6.51. The number of nitrogens with zero attached hydrogens (tertiary/aromatic N) is 3. The van der Waals surface area contributed by atoms with Crippen molar-refractivity contribution in [3.8, 4) is 11.1 Å². The lowest BCUT2D eigenvalue weighted by atomic mass is 9.93. The molecule has 1 amide bonds. The van der Waals surface area contributed by atoms with Crippen molar-refractivity contribution in [1.29, 1.82) is 0 Å². The zero-order valence-corrected chi connectivity index (χ0v) is 29.7. The number of carbonyl (C=O) groups is 1. The first-order valence-electron chi connectivity index (χ1n) is 16.3. The van der Waals surface area contributed by atoms with Crippen LogP contribution in [0.15, 0.2) is 66.7 Å². The molecule has 45 heavy (non-hydrogen) atoms. The lowest BCUT2D eigenvalue weighted by Crippen LogP contribution is -3.00. The molecule has 0 aromatic heterocycles. The fraction of sp³-hybridized carbons (Fsp3) is 0.486. The third kappa shape index (κ3) is 10.8. The summed E-state index contributed by atoms with van der Waals surface area (Å²) in [7, 11) is 6.81. The molecule has 0 aliphatic carbocycles. The largest absolute Gasteiger partial charge is 1.00 e. The van der Waals surface area contributed by atoms with Gasteiger partial charge < -0.3 is 39.1 Å². The van der Waals surface area contributed by atoms with E-state index in [9.17, 15) is 9.18 Å². The van der Waals surface area contributed by atoms with E-state index in [0.29, 0.717) is 23.7 Å². The van der Waals surface area contributed by atoms with Crippen LogP contribution in [0.1, 0.15) is 53.2 Å². The molecule has 2 heterocycles. The number of hydrogen-bond acceptors (Lipinski definition) is 4. The molecule has 2 aliphatic heterocycles. The summed E-state index contributed by atoms with van der Waals surface area (Å²) in [6, 6.07) is 21.7. The number of benzene rings is 3. The molecule has 6 nitrogen and oxygen atoms in total. The highest BCUT2D eigenvalue weighted by molar-refractivity contribution is 5.94. The molecule has 8 heteroatoms. The number of hydrogen-bond donors (Lipinski definition) is 2. The second-order valence-electron chi connectivity index (χ2n) is 14.0. The number of piperidine rings is 1. The Morgan fingerprint density at radius 1 is 0.911 bits per heavy atom. The second-order valence-corrected chi connectivity index (χ2v) is 14.0. The number of quaternary nitrogens is 1. The average Bonchev–Trinajstić information content (AvgIpc) is 3.00. The van der Waals surface area contributed by atoms with Crippen molar-refractivity contribution < 1.29 is 37.6 Å². The summed E-state index contributed by atoms with van der Waals surface area (Å²) in [5.74, 6) is 0.458. The van der Waals surface area contributed by atoms with Crippen LogP contribution in [0.2, 0.25) is 0 Å². The minimum Gasteiger partial charge on any atom is -1.00 e. The van der Waals surface area contributed by atoms with Crippen molar-refractivity contribution in [3.63, 3.8) is 0 Å². The summed E-state index contributed by atoms with van der Waals surface area (Å²) >= 11 is 0. The van der Waals surface area contributed by atoms with Crippen LogP contribution in [0.25, 0.3) is 11.1 Å². The molecular formula is C37H51FIN5O. The normalized spacial score (nSPS) is 18.4. The fourth-order valence-corrected chi connectivity index (χ4v) is 6.51. The van der Waals surface area contributed by atoms with Gasteiger partial charge in [0.1, 0.15) is 5.82 Å². The van der Waals surface area contributed by atoms with Gasteiger partial charge in [0.25, 0.3) is 5.91 Å². The highest BCUT2D eigenvalue weighted by atomic mass is 127. The maximum atomic E-state index is 15.0. The lowest BCUT2D eigenvalue weighted by Gasteiger charge is -2.33. The Morgan fingerprint density at radius 2 is 1.62 bits per heavy atom. The predicted octanol–water partition coefficient (Wildman–Crippen LogP) is 2.53. The molecule has 2 N–H and O–H groups in total. The summed E-state index contributed by atoms with van der Waals surface area (Å²) in [6.07, 6.45) is 3.80. The van der Waals surface area contributed by atoms with Gasteiger partial charge in [-0.1, -0.05) is 36.4 Å². The highest BCUT2D eigenvalue weighted by Gasteiger charge is 2.22. The number of carbonyl (C=O) groups excluding carboxylic acids is 1. The molecule has 2 aliphatic rings. The van der Waals surface area contributed by atoms with Crippen LogP contribution in [0, 0.1) is 11.7 Å². The Hall–Kier alpha value is -2.37. The quantitative estimate of drug-likeness (QED) is 0.236. The number of amides is 1. The van der Waals surface area contributed by atoms with Gasteiger partial charge in [0, 0.05) is 56.4 Å². The Balaban J connectivity index is 0.00000461. The minimum absolute atomic E-state index is 0. The lowest BCUT2D eigenvalue weighted by molar-refractivity contribution is -0.871. The number of piperazine rings is 1. The summed E-state index contributed by atoms with van der Waals surface area (Å²) < 4.78 is 16.0. The van der Waals surface area contributed by atoms with Gasteiger partial charge in [0.2, 0.25) is 0 Å². The van der Waals surface area contributed by atoms with Crippen LogP contribution < -0.4 is 34.6 Å². The molecule has 0 unspecified atom stereocenters. The number of halogens is 2. The van der Waals surface area contributed by atoms with E-state index in [2.05, 4.69) is 66.7 Å². The summed E-state index contributed by atoms with van der Waals surface area (Å²) in [6.45, 7) is 10.7. The first kappa shape index (κ1) is 35.5. The van der Waals surface area contributed by atoms with Gasteiger partial charge in [0.15, 0.2) is 0 Å². The molecular weight excluding hydrogens is 676 g/mol. The van der Waals surface area contributed by atoms with E-state index in [0.717, 1.165) is 67.3 Å². The molecule has 5 rings (SSSR count). The molecule has 2 fully saturated rings. The summed E-state index contributed by atoms with van der Waals surface area (Å²) in [4.78, 5) is 18.1. The molecule has 0 radical (unpaired) electrons. The van der Waals surface area contributed by atoms with Crippen LogP contribution in [-0.2, 0) is 19.6 Å². The molecule has 3 aromatic rings. The van der Waals surface area contributed by atoms with E-state index in [4.69, 9.17) is 0 Å². The van der Waals surface area contributed by atoms with Crippen LogP contribution in [0.4, 0.5) is 4.39 Å².